The van der Waals surface area contributed by atoms with E-state index in [2.05, 4.69) is 0 Å². The summed E-state index contributed by atoms with van der Waals surface area (Å²) in [4.78, 5) is 29.3. The summed E-state index contributed by atoms with van der Waals surface area (Å²) in [6.45, 7) is 2.85. The molecule has 6 nitrogen and oxygen atoms in total. The average molecular weight is 429 g/mol. The molecule has 0 aromatic heterocycles. The smallest absolute Gasteiger partial charge is 0.225 e. The Labute approximate surface area is 185 Å². The van der Waals surface area contributed by atoms with E-state index in [1.165, 1.54) is 0 Å². The van der Waals surface area contributed by atoms with Crippen LogP contribution in [0.25, 0.3) is 0 Å². The van der Waals surface area contributed by atoms with Crippen LogP contribution in [0.15, 0.2) is 24.3 Å². The van der Waals surface area contributed by atoms with Gasteiger partial charge in [-0.05, 0) is 57.4 Å². The molecule has 0 bridgehead atoms. The van der Waals surface area contributed by atoms with Crippen LogP contribution in [0.2, 0.25) is 0 Å². The van der Waals surface area contributed by atoms with Crippen LogP contribution < -0.4 is 4.74 Å². The second-order valence-corrected chi connectivity index (χ2v) is 9.66. The Morgan fingerprint density at radius 1 is 1.10 bits per heavy atom. The monoisotopic (exact) mass is 428 g/mol. The lowest BCUT2D eigenvalue weighted by Gasteiger charge is -2.44. The molecule has 31 heavy (non-hydrogen) atoms. The molecule has 1 heterocycles. The number of para-hydroxylation sites is 1. The molecule has 0 saturated heterocycles. The number of rotatable bonds is 3. The van der Waals surface area contributed by atoms with Crippen LogP contribution in [0.4, 0.5) is 0 Å². The zero-order chi connectivity index (χ0) is 22.0. The van der Waals surface area contributed by atoms with Gasteiger partial charge in [0.15, 0.2) is 0 Å². The normalized spacial score (nSPS) is 30.8. The van der Waals surface area contributed by atoms with Gasteiger partial charge >= 0.3 is 0 Å². The molecule has 1 aliphatic heterocycles. The van der Waals surface area contributed by atoms with E-state index in [0.29, 0.717) is 19.2 Å². The molecule has 1 aromatic carbocycles. The SMILES string of the molecule is COC1CCC(C(=O)N(C)C2CCC3(CC2)CN(C(C)=O)Cc2ccccc2O3)CC1. The fourth-order valence-electron chi connectivity index (χ4n) is 5.62. The number of nitrogens with zero attached hydrogens (tertiary/aromatic N) is 2. The summed E-state index contributed by atoms with van der Waals surface area (Å²) in [6.07, 6.45) is 7.62. The van der Waals surface area contributed by atoms with E-state index in [9.17, 15) is 9.59 Å². The fraction of sp³-hybridized carbons (Fsp3) is 0.680. The number of hydrogen-bond donors (Lipinski definition) is 0. The zero-order valence-electron chi connectivity index (χ0n) is 19.1. The molecular formula is C25H36N2O4. The largest absolute Gasteiger partial charge is 0.485 e. The lowest BCUT2D eigenvalue weighted by molar-refractivity contribution is -0.140. The van der Waals surface area contributed by atoms with Crippen molar-refractivity contribution in [2.24, 2.45) is 5.92 Å². The van der Waals surface area contributed by atoms with Crippen molar-refractivity contribution in [1.82, 2.24) is 9.80 Å². The first kappa shape index (κ1) is 22.1. The van der Waals surface area contributed by atoms with Gasteiger partial charge in [0.05, 0.1) is 12.6 Å². The highest BCUT2D eigenvalue weighted by atomic mass is 16.5. The third-order valence-corrected chi connectivity index (χ3v) is 7.70. The molecule has 0 N–H and O–H groups in total. The molecule has 1 spiro atoms. The highest BCUT2D eigenvalue weighted by Gasteiger charge is 2.43. The number of carbonyl (C=O) groups excluding carboxylic acids is 2. The molecule has 4 rings (SSSR count). The molecule has 0 atom stereocenters. The number of fused-ring (bicyclic) bond motifs is 1. The van der Waals surface area contributed by atoms with E-state index in [1.807, 2.05) is 41.1 Å². The molecule has 2 aliphatic carbocycles. The first-order valence-electron chi connectivity index (χ1n) is 11.7. The molecule has 6 heteroatoms. The lowest BCUT2D eigenvalue weighted by atomic mass is 9.80. The van der Waals surface area contributed by atoms with E-state index in [0.717, 1.165) is 62.7 Å². The molecule has 2 amide bonds. The lowest BCUT2D eigenvalue weighted by Crippen LogP contribution is -2.53. The molecule has 170 valence electrons. The number of carbonyl (C=O) groups is 2. The Morgan fingerprint density at radius 2 is 1.77 bits per heavy atom. The van der Waals surface area contributed by atoms with E-state index in [4.69, 9.17) is 9.47 Å². The third-order valence-electron chi connectivity index (χ3n) is 7.70. The van der Waals surface area contributed by atoms with Gasteiger partial charge in [0.2, 0.25) is 11.8 Å². The summed E-state index contributed by atoms with van der Waals surface area (Å²) >= 11 is 0. The van der Waals surface area contributed by atoms with Crippen LogP contribution in [0.5, 0.6) is 5.75 Å². The summed E-state index contributed by atoms with van der Waals surface area (Å²) < 4.78 is 12.0. The van der Waals surface area contributed by atoms with Gasteiger partial charge in [0.25, 0.3) is 0 Å². The maximum Gasteiger partial charge on any atom is 0.225 e. The number of hydrogen-bond acceptors (Lipinski definition) is 4. The van der Waals surface area contributed by atoms with Crippen LogP contribution >= 0.6 is 0 Å². The summed E-state index contributed by atoms with van der Waals surface area (Å²) in [5, 5.41) is 0. The third kappa shape index (κ3) is 4.74. The van der Waals surface area contributed by atoms with Crippen molar-refractivity contribution < 1.29 is 19.1 Å². The number of amides is 2. The van der Waals surface area contributed by atoms with Crippen LogP contribution in [0, 0.1) is 5.92 Å². The first-order chi connectivity index (χ1) is 14.9. The number of methoxy groups -OCH3 is 1. The summed E-state index contributed by atoms with van der Waals surface area (Å²) in [5.41, 5.74) is 0.700. The Morgan fingerprint density at radius 3 is 2.42 bits per heavy atom. The van der Waals surface area contributed by atoms with E-state index in [-0.39, 0.29) is 29.4 Å². The Bertz CT molecular complexity index is 794. The predicted octanol–water partition coefficient (Wildman–Crippen LogP) is 3.77. The van der Waals surface area contributed by atoms with Gasteiger partial charge in [0, 0.05) is 45.1 Å². The molecule has 2 saturated carbocycles. The van der Waals surface area contributed by atoms with Gasteiger partial charge in [0.1, 0.15) is 11.4 Å². The maximum absolute atomic E-state index is 13.1. The van der Waals surface area contributed by atoms with Crippen LogP contribution in [-0.4, -0.2) is 60.1 Å². The minimum absolute atomic E-state index is 0.0840. The average Bonchev–Trinajstić information content (AvgIpc) is 2.95. The van der Waals surface area contributed by atoms with Gasteiger partial charge in [-0.1, -0.05) is 18.2 Å². The van der Waals surface area contributed by atoms with Crippen molar-refractivity contribution in [3.8, 4) is 5.75 Å². The standard InChI is InChI=1S/C25H36N2O4/c1-18(28)27-16-20-6-4-5-7-23(20)31-25(17-27)14-12-21(13-15-25)26(2)24(29)19-8-10-22(30-3)11-9-19/h4-7,19,21-22H,8-17H2,1-3H3. The van der Waals surface area contributed by atoms with E-state index in [1.54, 1.807) is 14.0 Å². The van der Waals surface area contributed by atoms with Crippen LogP contribution in [-0.2, 0) is 20.9 Å². The number of ether oxygens (including phenoxy) is 2. The quantitative estimate of drug-likeness (QED) is 0.735. The second-order valence-electron chi connectivity index (χ2n) is 9.66. The molecular weight excluding hydrogens is 392 g/mol. The van der Waals surface area contributed by atoms with Crippen LogP contribution in [0.1, 0.15) is 63.9 Å². The van der Waals surface area contributed by atoms with Gasteiger partial charge < -0.3 is 19.3 Å². The summed E-state index contributed by atoms with van der Waals surface area (Å²) in [7, 11) is 3.73. The van der Waals surface area contributed by atoms with Crippen molar-refractivity contribution in [3.05, 3.63) is 29.8 Å². The number of benzene rings is 1. The predicted molar refractivity (Wildman–Crippen MR) is 119 cm³/mol. The highest BCUT2D eigenvalue weighted by Crippen LogP contribution is 2.40. The van der Waals surface area contributed by atoms with Crippen molar-refractivity contribution in [1.29, 1.82) is 0 Å². The van der Waals surface area contributed by atoms with Gasteiger partial charge in [-0.15, -0.1) is 0 Å². The van der Waals surface area contributed by atoms with Gasteiger partial charge in [-0.3, -0.25) is 9.59 Å². The molecule has 1 aromatic rings. The van der Waals surface area contributed by atoms with Gasteiger partial charge in [-0.2, -0.15) is 0 Å². The molecule has 0 radical (unpaired) electrons. The van der Waals surface area contributed by atoms with Gasteiger partial charge in [-0.25, -0.2) is 0 Å². The Balaban J connectivity index is 1.41. The fourth-order valence-corrected chi connectivity index (χ4v) is 5.62. The first-order valence-corrected chi connectivity index (χ1v) is 11.7. The van der Waals surface area contributed by atoms with E-state index < -0.39 is 0 Å². The maximum atomic E-state index is 13.1. The topological polar surface area (TPSA) is 59.1 Å². The van der Waals surface area contributed by atoms with Crippen molar-refractivity contribution in [2.45, 2.75) is 82.6 Å². The van der Waals surface area contributed by atoms with E-state index >= 15 is 0 Å². The van der Waals surface area contributed by atoms with Crippen molar-refractivity contribution in [3.63, 3.8) is 0 Å². The minimum Gasteiger partial charge on any atom is -0.485 e. The molecule has 0 unspecified atom stereocenters. The summed E-state index contributed by atoms with van der Waals surface area (Å²) in [5.74, 6) is 1.39. The Hall–Kier alpha value is -2.08. The molecule has 2 fully saturated rings. The summed E-state index contributed by atoms with van der Waals surface area (Å²) in [6, 6.07) is 8.29. The second kappa shape index (κ2) is 9.19. The Kier molecular flexibility index (Phi) is 6.56. The zero-order valence-corrected chi connectivity index (χ0v) is 19.1. The van der Waals surface area contributed by atoms with Crippen LogP contribution in [0.3, 0.4) is 0 Å². The minimum atomic E-state index is -0.366. The van der Waals surface area contributed by atoms with Crippen molar-refractivity contribution >= 4 is 11.8 Å². The molecule has 3 aliphatic rings. The highest BCUT2D eigenvalue weighted by molar-refractivity contribution is 5.79. The van der Waals surface area contributed by atoms with Crippen molar-refractivity contribution in [2.75, 3.05) is 20.7 Å².